The van der Waals surface area contributed by atoms with Crippen molar-refractivity contribution in [2.75, 3.05) is 34.4 Å². The quantitative estimate of drug-likeness (QED) is 0.623. The van der Waals surface area contributed by atoms with Crippen LogP contribution in [0.15, 0.2) is 0 Å². The number of ether oxygens (including phenoxy) is 6. The molecular formula is C10H17FO6. The Morgan fingerprint density at radius 3 is 2.41 bits per heavy atom. The highest BCUT2D eigenvalue weighted by molar-refractivity contribution is 4.95. The van der Waals surface area contributed by atoms with E-state index in [1.165, 1.54) is 14.2 Å². The molecule has 0 aromatic carbocycles. The Morgan fingerprint density at radius 1 is 1.12 bits per heavy atom. The lowest BCUT2D eigenvalue weighted by atomic mass is 10.0. The van der Waals surface area contributed by atoms with Crippen LogP contribution in [0.4, 0.5) is 4.39 Å². The molecule has 0 radical (unpaired) electrons. The lowest BCUT2D eigenvalue weighted by molar-refractivity contribution is -0.269. The van der Waals surface area contributed by atoms with E-state index in [2.05, 4.69) is 0 Å². The Hall–Kier alpha value is -0.310. The lowest BCUT2D eigenvalue weighted by Crippen LogP contribution is -2.54. The molecule has 0 aliphatic carbocycles. The number of halogens is 1. The smallest absolute Gasteiger partial charge is 0.187 e. The molecule has 0 amide bonds. The number of fused-ring (bicyclic) bond motifs is 2. The van der Waals surface area contributed by atoms with Crippen LogP contribution in [-0.4, -0.2) is 65.2 Å². The molecule has 5 atom stereocenters. The van der Waals surface area contributed by atoms with Gasteiger partial charge in [-0.2, -0.15) is 0 Å². The Balaban J connectivity index is 2.00. The van der Waals surface area contributed by atoms with Crippen LogP contribution >= 0.6 is 0 Å². The highest BCUT2D eigenvalue weighted by atomic mass is 19.1. The summed E-state index contributed by atoms with van der Waals surface area (Å²) in [6.07, 6.45) is -3.92. The van der Waals surface area contributed by atoms with Crippen LogP contribution in [0, 0.1) is 0 Å². The maximum Gasteiger partial charge on any atom is 0.187 e. The molecule has 2 bridgehead atoms. The average molecular weight is 252 g/mol. The molecule has 2 heterocycles. The van der Waals surface area contributed by atoms with Crippen LogP contribution in [0.2, 0.25) is 0 Å². The first-order valence-electron chi connectivity index (χ1n) is 5.40. The van der Waals surface area contributed by atoms with Crippen molar-refractivity contribution in [2.45, 2.75) is 30.8 Å². The maximum atomic E-state index is 14.0. The fourth-order valence-corrected chi connectivity index (χ4v) is 1.98. The van der Waals surface area contributed by atoms with E-state index >= 15 is 0 Å². The molecule has 0 saturated carbocycles. The molecule has 0 aromatic rings. The molecule has 2 aliphatic rings. The fourth-order valence-electron chi connectivity index (χ4n) is 1.98. The third kappa shape index (κ3) is 2.75. The summed E-state index contributed by atoms with van der Waals surface area (Å²) in [4.78, 5) is 0. The van der Waals surface area contributed by atoms with Crippen LogP contribution in [0.25, 0.3) is 0 Å². The molecule has 100 valence electrons. The molecule has 0 N–H and O–H groups in total. The summed E-state index contributed by atoms with van der Waals surface area (Å²) in [6.45, 7) is 0.237. The molecule has 0 spiro atoms. The molecule has 7 heteroatoms. The maximum absolute atomic E-state index is 14.0. The van der Waals surface area contributed by atoms with Gasteiger partial charge in [0, 0.05) is 14.2 Å². The zero-order valence-electron chi connectivity index (χ0n) is 9.84. The van der Waals surface area contributed by atoms with E-state index in [1.54, 1.807) is 0 Å². The summed E-state index contributed by atoms with van der Waals surface area (Å²) in [5.74, 6) is 0. The predicted molar refractivity (Wildman–Crippen MR) is 53.0 cm³/mol. The number of alkyl halides is 1. The van der Waals surface area contributed by atoms with E-state index in [-0.39, 0.29) is 20.2 Å². The highest BCUT2D eigenvalue weighted by Gasteiger charge is 2.52. The van der Waals surface area contributed by atoms with Gasteiger partial charge >= 0.3 is 0 Å². The van der Waals surface area contributed by atoms with E-state index in [0.29, 0.717) is 0 Å². The van der Waals surface area contributed by atoms with Crippen molar-refractivity contribution in [3.05, 3.63) is 0 Å². The summed E-state index contributed by atoms with van der Waals surface area (Å²) >= 11 is 0. The van der Waals surface area contributed by atoms with E-state index in [0.717, 1.165) is 0 Å². The predicted octanol–water partition coefficient (Wildman–Crippen LogP) is 0.0578. The first kappa shape index (κ1) is 13.1. The van der Waals surface area contributed by atoms with Gasteiger partial charge in [0.2, 0.25) is 0 Å². The zero-order valence-corrected chi connectivity index (χ0v) is 9.84. The van der Waals surface area contributed by atoms with Crippen LogP contribution in [-0.2, 0) is 28.4 Å². The van der Waals surface area contributed by atoms with Gasteiger partial charge in [0.1, 0.15) is 31.9 Å². The van der Waals surface area contributed by atoms with Crippen molar-refractivity contribution in [2.24, 2.45) is 0 Å². The van der Waals surface area contributed by atoms with Crippen LogP contribution in [0.3, 0.4) is 0 Å². The minimum Gasteiger partial charge on any atom is -0.359 e. The third-order valence-electron chi connectivity index (χ3n) is 2.75. The second-order valence-corrected chi connectivity index (χ2v) is 3.90. The van der Waals surface area contributed by atoms with Gasteiger partial charge in [0.25, 0.3) is 0 Å². The Bertz CT molecular complexity index is 233. The fraction of sp³-hybridized carbons (Fsp3) is 1.00. The molecule has 2 saturated heterocycles. The molecule has 2 aliphatic heterocycles. The topological polar surface area (TPSA) is 55.4 Å². The number of methoxy groups -OCH3 is 2. The Labute approximate surface area is 98.9 Å². The minimum atomic E-state index is -1.30. The minimum absolute atomic E-state index is 0.00261. The van der Waals surface area contributed by atoms with Crippen molar-refractivity contribution in [3.63, 3.8) is 0 Å². The standard InChI is InChI=1S/C10H17FO6/c1-12-4-15-8-7(11)6-3-14-10(17-6)9(8)16-5-13-2/h6-10H,3-5H2,1-2H3/t6?,7-,8-,9+,10?/m0/s1. The Kier molecular flexibility index (Phi) is 4.66. The van der Waals surface area contributed by atoms with Gasteiger partial charge < -0.3 is 28.4 Å². The van der Waals surface area contributed by atoms with Gasteiger partial charge in [0.05, 0.1) is 6.61 Å². The largest absolute Gasteiger partial charge is 0.359 e. The van der Waals surface area contributed by atoms with Gasteiger partial charge in [-0.3, -0.25) is 0 Å². The number of rotatable bonds is 6. The van der Waals surface area contributed by atoms with Crippen LogP contribution in [0.5, 0.6) is 0 Å². The third-order valence-corrected chi connectivity index (χ3v) is 2.75. The molecule has 2 rings (SSSR count). The second kappa shape index (κ2) is 6.03. The molecule has 2 unspecified atom stereocenters. The molecule has 2 fully saturated rings. The van der Waals surface area contributed by atoms with Gasteiger partial charge in [-0.25, -0.2) is 4.39 Å². The van der Waals surface area contributed by atoms with Crippen molar-refractivity contribution >= 4 is 0 Å². The number of hydrogen-bond donors (Lipinski definition) is 0. The van der Waals surface area contributed by atoms with Crippen LogP contribution < -0.4 is 0 Å². The normalized spacial score (nSPS) is 40.8. The molecule has 6 nitrogen and oxygen atoms in total. The summed E-state index contributed by atoms with van der Waals surface area (Å²) in [5.41, 5.74) is 0. The van der Waals surface area contributed by atoms with Crippen molar-refractivity contribution in [1.82, 2.24) is 0 Å². The van der Waals surface area contributed by atoms with E-state index in [1.807, 2.05) is 0 Å². The second-order valence-electron chi connectivity index (χ2n) is 3.90. The molecule has 17 heavy (non-hydrogen) atoms. The van der Waals surface area contributed by atoms with E-state index in [9.17, 15) is 4.39 Å². The lowest BCUT2D eigenvalue weighted by Gasteiger charge is -2.36. The highest BCUT2D eigenvalue weighted by Crippen LogP contribution is 2.33. The molecular weight excluding hydrogens is 235 g/mol. The van der Waals surface area contributed by atoms with E-state index in [4.69, 9.17) is 28.4 Å². The molecule has 0 aromatic heterocycles. The van der Waals surface area contributed by atoms with Crippen molar-refractivity contribution < 1.29 is 32.8 Å². The van der Waals surface area contributed by atoms with Gasteiger partial charge in [0.15, 0.2) is 12.5 Å². The summed E-state index contributed by atoms with van der Waals surface area (Å²) < 4.78 is 44.9. The summed E-state index contributed by atoms with van der Waals surface area (Å²) in [5, 5.41) is 0. The first-order chi connectivity index (χ1) is 8.27. The SMILES string of the molecule is COCO[C@H]1[C@@H](F)C2COC(O2)[C@@H]1OCOC. The van der Waals surface area contributed by atoms with Gasteiger partial charge in [-0.15, -0.1) is 0 Å². The Morgan fingerprint density at radius 2 is 1.76 bits per heavy atom. The van der Waals surface area contributed by atoms with Crippen molar-refractivity contribution in [1.29, 1.82) is 0 Å². The first-order valence-corrected chi connectivity index (χ1v) is 5.40. The summed E-state index contributed by atoms with van der Waals surface area (Å²) in [6, 6.07) is 0. The monoisotopic (exact) mass is 252 g/mol. The van der Waals surface area contributed by atoms with Gasteiger partial charge in [-0.05, 0) is 0 Å². The van der Waals surface area contributed by atoms with E-state index < -0.39 is 30.8 Å². The van der Waals surface area contributed by atoms with Gasteiger partial charge in [-0.1, -0.05) is 0 Å². The zero-order chi connectivity index (χ0) is 12.3. The van der Waals surface area contributed by atoms with Crippen molar-refractivity contribution in [3.8, 4) is 0 Å². The van der Waals surface area contributed by atoms with Crippen LogP contribution in [0.1, 0.15) is 0 Å². The number of hydrogen-bond acceptors (Lipinski definition) is 6. The summed E-state index contributed by atoms with van der Waals surface area (Å²) in [7, 11) is 2.96. The average Bonchev–Trinajstić information content (AvgIpc) is 2.77.